The van der Waals surface area contributed by atoms with E-state index in [1.807, 2.05) is 0 Å². The monoisotopic (exact) mass is 344 g/mol. The van der Waals surface area contributed by atoms with E-state index in [1.54, 1.807) is 24.3 Å². The molecule has 0 aliphatic rings. The number of furan rings is 2. The Hall–Kier alpha value is -1.14. The van der Waals surface area contributed by atoms with Crippen LogP contribution >= 0.6 is 31.9 Å². The molecule has 0 saturated heterocycles. The van der Waals surface area contributed by atoms with Gasteiger partial charge in [-0.25, -0.2) is 0 Å². The topological polar surface area (TPSA) is 51.0 Å². The van der Waals surface area contributed by atoms with Gasteiger partial charge in [0, 0.05) is 0 Å². The van der Waals surface area contributed by atoms with Gasteiger partial charge in [0.05, 0.1) is 12.4 Å². The molecule has 0 aliphatic heterocycles. The van der Waals surface area contributed by atoms with Crippen molar-refractivity contribution >= 4 is 44.3 Å². The first kappa shape index (κ1) is 11.3. The van der Waals surface area contributed by atoms with Crippen LogP contribution in [-0.2, 0) is 0 Å². The molecule has 0 aliphatic carbocycles. The molecule has 0 unspecified atom stereocenters. The van der Waals surface area contributed by atoms with Crippen molar-refractivity contribution in [3.63, 3.8) is 0 Å². The fourth-order valence-electron chi connectivity index (χ4n) is 0.976. The molecule has 4 nitrogen and oxygen atoms in total. The maximum atomic E-state index is 5.20. The minimum atomic E-state index is 0.629. The van der Waals surface area contributed by atoms with Crippen molar-refractivity contribution in [2.24, 2.45) is 10.2 Å². The van der Waals surface area contributed by atoms with Gasteiger partial charge in [0.2, 0.25) is 0 Å². The summed E-state index contributed by atoms with van der Waals surface area (Å²) in [6.07, 6.45) is 3.03. The molecule has 0 spiro atoms. The van der Waals surface area contributed by atoms with Crippen molar-refractivity contribution in [1.82, 2.24) is 0 Å². The van der Waals surface area contributed by atoms with Crippen molar-refractivity contribution in [3.8, 4) is 0 Å². The zero-order valence-corrected chi connectivity index (χ0v) is 11.1. The molecule has 0 atom stereocenters. The van der Waals surface area contributed by atoms with Gasteiger partial charge in [-0.15, -0.1) is 0 Å². The fraction of sp³-hybridized carbons (Fsp3) is 0. The number of rotatable bonds is 3. The second kappa shape index (κ2) is 5.27. The van der Waals surface area contributed by atoms with E-state index in [0.29, 0.717) is 20.9 Å². The summed E-state index contributed by atoms with van der Waals surface area (Å²) in [5.41, 5.74) is 0. The highest BCUT2D eigenvalue weighted by Crippen LogP contribution is 2.13. The third-order valence-electron chi connectivity index (χ3n) is 1.62. The minimum Gasteiger partial charge on any atom is -0.448 e. The second-order valence-electron chi connectivity index (χ2n) is 2.77. The highest BCUT2D eigenvalue weighted by molar-refractivity contribution is 9.10. The summed E-state index contributed by atoms with van der Waals surface area (Å²) in [5, 5.41) is 7.63. The van der Waals surface area contributed by atoms with Gasteiger partial charge in [-0.2, -0.15) is 10.2 Å². The predicted octanol–water partition coefficient (Wildman–Crippen LogP) is 3.85. The van der Waals surface area contributed by atoms with Gasteiger partial charge in [-0.3, -0.25) is 0 Å². The Kier molecular flexibility index (Phi) is 3.74. The maximum absolute atomic E-state index is 5.20. The summed E-state index contributed by atoms with van der Waals surface area (Å²) < 4.78 is 11.7. The lowest BCUT2D eigenvalue weighted by Gasteiger charge is -1.82. The average molecular weight is 346 g/mol. The van der Waals surface area contributed by atoms with E-state index in [0.717, 1.165) is 0 Å². The molecular weight excluding hydrogens is 340 g/mol. The molecule has 0 saturated carbocycles. The van der Waals surface area contributed by atoms with Crippen LogP contribution in [-0.4, -0.2) is 12.4 Å². The first-order chi connectivity index (χ1) is 7.74. The van der Waals surface area contributed by atoms with E-state index in [1.165, 1.54) is 12.4 Å². The highest BCUT2D eigenvalue weighted by atomic mass is 79.9. The Bertz CT molecular complexity index is 480. The summed E-state index contributed by atoms with van der Waals surface area (Å²) in [7, 11) is 0. The number of hydrogen-bond acceptors (Lipinski definition) is 4. The van der Waals surface area contributed by atoms with Crippen molar-refractivity contribution in [3.05, 3.63) is 45.1 Å². The predicted molar refractivity (Wildman–Crippen MR) is 68.0 cm³/mol. The van der Waals surface area contributed by atoms with Crippen molar-refractivity contribution in [2.45, 2.75) is 0 Å². The van der Waals surface area contributed by atoms with Crippen LogP contribution in [0, 0.1) is 0 Å². The molecule has 2 heterocycles. The van der Waals surface area contributed by atoms with Crippen LogP contribution in [0.25, 0.3) is 0 Å². The van der Waals surface area contributed by atoms with E-state index in [4.69, 9.17) is 8.83 Å². The van der Waals surface area contributed by atoms with Gasteiger partial charge in [0.1, 0.15) is 11.5 Å². The van der Waals surface area contributed by atoms with Crippen LogP contribution in [0.1, 0.15) is 11.5 Å². The van der Waals surface area contributed by atoms with Gasteiger partial charge in [-0.05, 0) is 56.1 Å². The molecule has 0 amide bonds. The smallest absolute Gasteiger partial charge is 0.169 e. The van der Waals surface area contributed by atoms with Gasteiger partial charge in [-0.1, -0.05) is 0 Å². The molecule has 6 heteroatoms. The van der Waals surface area contributed by atoms with Crippen LogP contribution in [0.3, 0.4) is 0 Å². The third kappa shape index (κ3) is 3.18. The molecule has 0 fully saturated rings. The molecule has 16 heavy (non-hydrogen) atoms. The van der Waals surface area contributed by atoms with E-state index >= 15 is 0 Å². The number of hydrogen-bond donors (Lipinski definition) is 0. The number of nitrogens with zero attached hydrogens (tertiary/aromatic N) is 2. The highest BCUT2D eigenvalue weighted by Gasteiger charge is 1.95. The maximum Gasteiger partial charge on any atom is 0.169 e. The third-order valence-corrected chi connectivity index (χ3v) is 2.48. The Morgan fingerprint density at radius 2 is 1.25 bits per heavy atom. The molecule has 0 radical (unpaired) electrons. The molecule has 2 aromatic rings. The Morgan fingerprint density at radius 3 is 1.56 bits per heavy atom. The lowest BCUT2D eigenvalue weighted by Crippen LogP contribution is -1.75. The van der Waals surface area contributed by atoms with Crippen molar-refractivity contribution in [2.75, 3.05) is 0 Å². The van der Waals surface area contributed by atoms with Gasteiger partial charge < -0.3 is 8.83 Å². The zero-order chi connectivity index (χ0) is 11.4. The van der Waals surface area contributed by atoms with E-state index < -0.39 is 0 Å². The first-order valence-corrected chi connectivity index (χ1v) is 5.90. The normalized spacial score (nSPS) is 11.9. The Morgan fingerprint density at radius 1 is 0.812 bits per heavy atom. The van der Waals surface area contributed by atoms with Crippen LogP contribution in [0.2, 0.25) is 0 Å². The molecule has 2 rings (SSSR count). The van der Waals surface area contributed by atoms with Crippen LogP contribution in [0.5, 0.6) is 0 Å². The summed E-state index contributed by atoms with van der Waals surface area (Å²) in [5.74, 6) is 1.26. The summed E-state index contributed by atoms with van der Waals surface area (Å²) in [4.78, 5) is 0. The van der Waals surface area contributed by atoms with Crippen molar-refractivity contribution in [1.29, 1.82) is 0 Å². The summed E-state index contributed by atoms with van der Waals surface area (Å²) in [6.45, 7) is 0. The fourth-order valence-corrected chi connectivity index (χ4v) is 1.61. The van der Waals surface area contributed by atoms with E-state index in [2.05, 4.69) is 42.1 Å². The summed E-state index contributed by atoms with van der Waals surface area (Å²) >= 11 is 6.39. The minimum absolute atomic E-state index is 0.629. The molecule has 2 aromatic heterocycles. The molecule has 0 bridgehead atoms. The molecule has 0 aromatic carbocycles. The van der Waals surface area contributed by atoms with E-state index in [9.17, 15) is 0 Å². The number of halogens is 2. The standard InChI is InChI=1S/C10H6Br2N2O2/c11-9-3-1-7(15-9)5-13-14-6-8-2-4-10(12)16-8/h1-6H/b13-5+,14-6+. The Balaban J connectivity index is 1.96. The van der Waals surface area contributed by atoms with Gasteiger partial charge in [0.15, 0.2) is 9.34 Å². The van der Waals surface area contributed by atoms with E-state index in [-0.39, 0.29) is 0 Å². The lowest BCUT2D eigenvalue weighted by atomic mass is 10.5. The van der Waals surface area contributed by atoms with Gasteiger partial charge >= 0.3 is 0 Å². The molecule has 82 valence electrons. The largest absolute Gasteiger partial charge is 0.448 e. The van der Waals surface area contributed by atoms with Crippen LogP contribution in [0.4, 0.5) is 0 Å². The Labute approximate surface area is 108 Å². The second-order valence-corrected chi connectivity index (χ2v) is 4.34. The van der Waals surface area contributed by atoms with Crippen LogP contribution < -0.4 is 0 Å². The SMILES string of the molecule is Brc1ccc(/C=N/N=C/c2ccc(Br)o2)o1. The quantitative estimate of drug-likeness (QED) is 0.626. The molecular formula is C10H6Br2N2O2. The van der Waals surface area contributed by atoms with Crippen LogP contribution in [0.15, 0.2) is 52.6 Å². The average Bonchev–Trinajstić information content (AvgIpc) is 2.83. The van der Waals surface area contributed by atoms with Gasteiger partial charge in [0.25, 0.3) is 0 Å². The molecule has 0 N–H and O–H groups in total. The first-order valence-electron chi connectivity index (χ1n) is 4.31. The van der Waals surface area contributed by atoms with Crippen molar-refractivity contribution < 1.29 is 8.83 Å². The summed E-state index contributed by atoms with van der Waals surface area (Å²) in [6, 6.07) is 7.14. The lowest BCUT2D eigenvalue weighted by molar-refractivity contribution is 0.533. The zero-order valence-electron chi connectivity index (χ0n) is 7.93.